The summed E-state index contributed by atoms with van der Waals surface area (Å²) >= 11 is 0. The molecule has 92 valence electrons. The predicted octanol–water partition coefficient (Wildman–Crippen LogP) is 4.32. The summed E-state index contributed by atoms with van der Waals surface area (Å²) in [4.78, 5) is 10.5. The van der Waals surface area contributed by atoms with Crippen LogP contribution in [0.3, 0.4) is 0 Å². The highest BCUT2D eigenvalue weighted by Gasteiger charge is 1.96. The lowest BCUT2D eigenvalue weighted by Gasteiger charge is -1.94. The second-order valence-corrected chi connectivity index (χ2v) is 4.09. The maximum atomic E-state index is 10.5. The molecule has 0 heterocycles. The molecule has 0 aromatic rings. The number of hydrogen-bond acceptors (Lipinski definition) is 1. The number of rotatable bonds is 9. The molecule has 0 saturated heterocycles. The molecule has 2 heteroatoms. The van der Waals surface area contributed by atoms with Gasteiger partial charge in [0.1, 0.15) is 0 Å². The van der Waals surface area contributed by atoms with Crippen LogP contribution in [0.1, 0.15) is 58.8 Å². The topological polar surface area (TPSA) is 37.3 Å². The van der Waals surface area contributed by atoms with Crippen LogP contribution >= 0.6 is 0 Å². The van der Waals surface area contributed by atoms with E-state index in [-0.39, 0.29) is 0 Å². The van der Waals surface area contributed by atoms with E-state index in [0.29, 0.717) is 5.57 Å². The molecule has 0 radical (unpaired) electrons. The van der Waals surface area contributed by atoms with Gasteiger partial charge in [-0.2, -0.15) is 0 Å². The fourth-order valence-electron chi connectivity index (χ4n) is 1.41. The van der Waals surface area contributed by atoms with E-state index < -0.39 is 5.97 Å². The monoisotopic (exact) mass is 224 g/mol. The molecular formula is C14H24O2. The van der Waals surface area contributed by atoms with Crippen LogP contribution in [0.5, 0.6) is 0 Å². The third-order valence-electron chi connectivity index (χ3n) is 2.51. The van der Waals surface area contributed by atoms with Gasteiger partial charge in [0, 0.05) is 5.57 Å². The van der Waals surface area contributed by atoms with E-state index >= 15 is 0 Å². The van der Waals surface area contributed by atoms with Gasteiger partial charge in [0.05, 0.1) is 0 Å². The fourth-order valence-corrected chi connectivity index (χ4v) is 1.41. The van der Waals surface area contributed by atoms with Gasteiger partial charge in [-0.25, -0.2) is 4.79 Å². The van der Waals surface area contributed by atoms with Crippen molar-refractivity contribution in [3.63, 3.8) is 0 Å². The van der Waals surface area contributed by atoms with Crippen molar-refractivity contribution in [2.45, 2.75) is 58.8 Å². The summed E-state index contributed by atoms with van der Waals surface area (Å²) in [5.41, 5.74) is 0.441. The first kappa shape index (κ1) is 14.9. The first-order valence-electron chi connectivity index (χ1n) is 6.23. The normalized spacial score (nSPS) is 12.2. The summed E-state index contributed by atoms with van der Waals surface area (Å²) in [5.74, 6) is -0.816. The van der Waals surface area contributed by atoms with Gasteiger partial charge < -0.3 is 5.11 Å². The van der Waals surface area contributed by atoms with Crippen LogP contribution in [0.15, 0.2) is 23.8 Å². The van der Waals surface area contributed by atoms with E-state index in [1.807, 2.05) is 0 Å². The minimum Gasteiger partial charge on any atom is -0.478 e. The molecule has 0 atom stereocenters. The molecule has 0 spiro atoms. The molecule has 0 aliphatic rings. The molecule has 0 unspecified atom stereocenters. The third kappa shape index (κ3) is 9.50. The number of unbranched alkanes of at least 4 members (excludes halogenated alkanes) is 5. The van der Waals surface area contributed by atoms with Crippen molar-refractivity contribution in [3.05, 3.63) is 23.8 Å². The quantitative estimate of drug-likeness (QED) is 0.359. The van der Waals surface area contributed by atoms with E-state index in [2.05, 4.69) is 19.1 Å². The van der Waals surface area contributed by atoms with E-state index in [4.69, 9.17) is 5.11 Å². The Balaban J connectivity index is 3.41. The van der Waals surface area contributed by atoms with Crippen LogP contribution in [-0.4, -0.2) is 11.1 Å². The maximum absolute atomic E-state index is 10.5. The van der Waals surface area contributed by atoms with E-state index in [1.165, 1.54) is 25.7 Å². The Morgan fingerprint density at radius 1 is 1.06 bits per heavy atom. The molecular weight excluding hydrogens is 200 g/mol. The minimum absolute atomic E-state index is 0.441. The van der Waals surface area contributed by atoms with Crippen molar-refractivity contribution in [3.8, 4) is 0 Å². The zero-order valence-electron chi connectivity index (χ0n) is 10.5. The third-order valence-corrected chi connectivity index (χ3v) is 2.51. The highest BCUT2D eigenvalue weighted by molar-refractivity contribution is 5.85. The number of carboxylic acid groups (broad SMARTS) is 1. The lowest BCUT2D eigenvalue weighted by atomic mass is 10.1. The molecule has 0 amide bonds. The average molecular weight is 224 g/mol. The highest BCUT2D eigenvalue weighted by Crippen LogP contribution is 2.04. The Kier molecular flexibility index (Phi) is 9.78. The van der Waals surface area contributed by atoms with Gasteiger partial charge in [-0.05, 0) is 32.6 Å². The summed E-state index contributed by atoms with van der Waals surface area (Å²) in [6.45, 7) is 3.85. The smallest absolute Gasteiger partial charge is 0.330 e. The number of aliphatic carboxylic acids is 1. The van der Waals surface area contributed by atoms with Crippen LogP contribution in [0.25, 0.3) is 0 Å². The Morgan fingerprint density at radius 3 is 2.38 bits per heavy atom. The highest BCUT2D eigenvalue weighted by atomic mass is 16.4. The number of carboxylic acids is 1. The van der Waals surface area contributed by atoms with Crippen molar-refractivity contribution in [1.29, 1.82) is 0 Å². The Bertz CT molecular complexity index is 239. The molecule has 0 rings (SSSR count). The van der Waals surface area contributed by atoms with Crippen LogP contribution in [0.2, 0.25) is 0 Å². The van der Waals surface area contributed by atoms with Gasteiger partial charge in [-0.1, -0.05) is 44.4 Å². The first-order chi connectivity index (χ1) is 7.68. The first-order valence-corrected chi connectivity index (χ1v) is 6.23. The van der Waals surface area contributed by atoms with Gasteiger partial charge in [0.25, 0.3) is 0 Å². The lowest BCUT2D eigenvalue weighted by molar-refractivity contribution is -0.132. The van der Waals surface area contributed by atoms with E-state index in [0.717, 1.165) is 19.3 Å². The second kappa shape index (κ2) is 10.5. The Labute approximate surface area is 99.1 Å². The number of hydrogen-bond donors (Lipinski definition) is 1. The van der Waals surface area contributed by atoms with E-state index in [1.54, 1.807) is 13.0 Å². The van der Waals surface area contributed by atoms with Crippen molar-refractivity contribution < 1.29 is 9.90 Å². The summed E-state index contributed by atoms with van der Waals surface area (Å²) in [7, 11) is 0. The fraction of sp³-hybridized carbons (Fsp3) is 0.643. The van der Waals surface area contributed by atoms with Crippen LogP contribution < -0.4 is 0 Å². The van der Waals surface area contributed by atoms with E-state index in [9.17, 15) is 4.79 Å². The Morgan fingerprint density at radius 2 is 1.75 bits per heavy atom. The standard InChI is InChI=1S/C14H24O2/c1-3-4-5-6-7-8-9-10-11-12-13(2)14(15)16/h8-9,12H,3-7,10-11H2,1-2H3,(H,15,16). The van der Waals surface area contributed by atoms with Gasteiger partial charge >= 0.3 is 5.97 Å². The van der Waals surface area contributed by atoms with Gasteiger partial charge in [0.15, 0.2) is 0 Å². The Hall–Kier alpha value is -1.05. The molecule has 2 nitrogen and oxygen atoms in total. The number of carbonyl (C=O) groups is 1. The molecule has 16 heavy (non-hydrogen) atoms. The van der Waals surface area contributed by atoms with Crippen molar-refractivity contribution >= 4 is 5.97 Å². The van der Waals surface area contributed by atoms with Crippen LogP contribution in [-0.2, 0) is 4.79 Å². The molecule has 0 saturated carbocycles. The summed E-state index contributed by atoms with van der Waals surface area (Å²) < 4.78 is 0. The summed E-state index contributed by atoms with van der Waals surface area (Å²) in [5, 5.41) is 8.62. The van der Waals surface area contributed by atoms with Crippen LogP contribution in [0.4, 0.5) is 0 Å². The molecule has 0 bridgehead atoms. The molecule has 1 N–H and O–H groups in total. The maximum Gasteiger partial charge on any atom is 0.330 e. The predicted molar refractivity (Wildman–Crippen MR) is 68.5 cm³/mol. The van der Waals surface area contributed by atoms with Crippen LogP contribution in [0, 0.1) is 0 Å². The minimum atomic E-state index is -0.816. The van der Waals surface area contributed by atoms with Gasteiger partial charge in [-0.15, -0.1) is 0 Å². The van der Waals surface area contributed by atoms with Crippen molar-refractivity contribution in [2.75, 3.05) is 0 Å². The lowest BCUT2D eigenvalue weighted by Crippen LogP contribution is -1.95. The van der Waals surface area contributed by atoms with Crippen molar-refractivity contribution in [2.24, 2.45) is 0 Å². The van der Waals surface area contributed by atoms with Crippen molar-refractivity contribution in [1.82, 2.24) is 0 Å². The summed E-state index contributed by atoms with van der Waals surface area (Å²) in [6.07, 6.45) is 14.3. The zero-order chi connectivity index (χ0) is 12.2. The zero-order valence-corrected chi connectivity index (χ0v) is 10.5. The molecule has 0 fully saturated rings. The number of allylic oxidation sites excluding steroid dienone is 3. The summed E-state index contributed by atoms with van der Waals surface area (Å²) in [6, 6.07) is 0. The average Bonchev–Trinajstić information content (AvgIpc) is 2.26. The SMILES string of the molecule is CCCCCCC=CCCC=C(C)C(=O)O. The van der Waals surface area contributed by atoms with Gasteiger partial charge in [-0.3, -0.25) is 0 Å². The molecule has 0 aromatic carbocycles. The molecule has 0 aliphatic carbocycles. The molecule has 0 aliphatic heterocycles. The van der Waals surface area contributed by atoms with Gasteiger partial charge in [0.2, 0.25) is 0 Å². The molecule has 0 aromatic heterocycles. The second-order valence-electron chi connectivity index (χ2n) is 4.09. The largest absolute Gasteiger partial charge is 0.478 e.